The van der Waals surface area contributed by atoms with Crippen molar-refractivity contribution >= 4 is 17.6 Å². The quantitative estimate of drug-likeness (QED) is 0.310. The zero-order valence-electron chi connectivity index (χ0n) is 16.5. The number of guanidine groups is 1. The highest BCUT2D eigenvalue weighted by Crippen LogP contribution is 2.12. The molecule has 3 rings (SSSR count). The summed E-state index contributed by atoms with van der Waals surface area (Å²) in [6, 6.07) is 21.5. The highest BCUT2D eigenvalue weighted by molar-refractivity contribution is 6.02. The van der Waals surface area contributed by atoms with Crippen molar-refractivity contribution in [3.63, 3.8) is 0 Å². The van der Waals surface area contributed by atoms with E-state index in [-0.39, 0.29) is 11.7 Å². The van der Waals surface area contributed by atoms with Crippen molar-refractivity contribution in [2.24, 2.45) is 4.99 Å². The molecule has 6 nitrogen and oxygen atoms in total. The van der Waals surface area contributed by atoms with Crippen LogP contribution in [0.4, 0.5) is 5.69 Å². The van der Waals surface area contributed by atoms with E-state index < -0.39 is 0 Å². The van der Waals surface area contributed by atoms with Gasteiger partial charge < -0.3 is 20.4 Å². The summed E-state index contributed by atoms with van der Waals surface area (Å²) in [7, 11) is 1.76. The summed E-state index contributed by atoms with van der Waals surface area (Å²) in [5, 5.41) is 9.47. The number of anilines is 1. The molecule has 0 radical (unpaired) electrons. The predicted molar refractivity (Wildman–Crippen MR) is 116 cm³/mol. The van der Waals surface area contributed by atoms with E-state index in [0.717, 1.165) is 36.6 Å². The number of hydrogen-bond donors (Lipinski definition) is 3. The number of aryl methyl sites for hydroxylation is 1. The number of benzene rings is 2. The van der Waals surface area contributed by atoms with E-state index in [1.165, 1.54) is 11.8 Å². The molecule has 3 N–H and O–H groups in total. The molecule has 0 aliphatic carbocycles. The van der Waals surface area contributed by atoms with Crippen molar-refractivity contribution in [3.8, 4) is 0 Å². The molecule has 29 heavy (non-hydrogen) atoms. The largest absolute Gasteiger partial charge is 0.459 e. The molecule has 0 bridgehead atoms. The summed E-state index contributed by atoms with van der Waals surface area (Å²) in [5.41, 5.74) is 3.09. The first kappa shape index (κ1) is 20.2. The van der Waals surface area contributed by atoms with Crippen LogP contribution in [-0.2, 0) is 13.0 Å². The topological polar surface area (TPSA) is 78.7 Å². The van der Waals surface area contributed by atoms with Gasteiger partial charge in [-0.25, -0.2) is 0 Å². The molecule has 3 aromatic rings. The molecular weight excluding hydrogens is 364 g/mol. The van der Waals surface area contributed by atoms with Gasteiger partial charge in [0, 0.05) is 25.8 Å². The van der Waals surface area contributed by atoms with Crippen molar-refractivity contribution in [1.29, 1.82) is 0 Å². The van der Waals surface area contributed by atoms with Crippen LogP contribution in [0, 0.1) is 0 Å². The maximum absolute atomic E-state index is 12.1. The van der Waals surface area contributed by atoms with Crippen LogP contribution in [0.2, 0.25) is 0 Å². The van der Waals surface area contributed by atoms with Gasteiger partial charge in [-0.15, -0.1) is 0 Å². The van der Waals surface area contributed by atoms with Gasteiger partial charge in [0.1, 0.15) is 0 Å². The van der Waals surface area contributed by atoms with Crippen LogP contribution in [0.15, 0.2) is 82.4 Å². The third-order valence-electron chi connectivity index (χ3n) is 4.39. The Labute approximate surface area is 171 Å². The zero-order chi connectivity index (χ0) is 20.3. The maximum atomic E-state index is 12.1. The summed E-state index contributed by atoms with van der Waals surface area (Å²) in [6.07, 6.45) is 3.54. The number of rotatable bonds is 8. The summed E-state index contributed by atoms with van der Waals surface area (Å²) < 4.78 is 5.12. The molecule has 0 aliphatic heterocycles. The fraction of sp³-hybridized carbons (Fsp3) is 0.217. The Balaban J connectivity index is 1.43. The molecule has 0 atom stereocenters. The van der Waals surface area contributed by atoms with Crippen molar-refractivity contribution < 1.29 is 9.21 Å². The Morgan fingerprint density at radius 2 is 1.79 bits per heavy atom. The highest BCUT2D eigenvalue weighted by atomic mass is 16.3. The van der Waals surface area contributed by atoms with Crippen LogP contribution < -0.4 is 16.0 Å². The minimum atomic E-state index is -0.268. The molecule has 0 unspecified atom stereocenters. The van der Waals surface area contributed by atoms with Gasteiger partial charge in [-0.05, 0) is 48.2 Å². The minimum absolute atomic E-state index is 0.268. The second kappa shape index (κ2) is 10.7. The van der Waals surface area contributed by atoms with Crippen LogP contribution in [-0.4, -0.2) is 25.5 Å². The lowest BCUT2D eigenvalue weighted by Crippen LogP contribution is -2.37. The Bertz CT molecular complexity index is 921. The van der Waals surface area contributed by atoms with E-state index in [2.05, 4.69) is 45.2 Å². The van der Waals surface area contributed by atoms with E-state index in [0.29, 0.717) is 6.54 Å². The molecule has 1 aromatic heterocycles. The van der Waals surface area contributed by atoms with Crippen molar-refractivity contribution in [2.45, 2.75) is 19.4 Å². The zero-order valence-corrected chi connectivity index (χ0v) is 16.5. The first-order valence-corrected chi connectivity index (χ1v) is 9.67. The number of nitrogens with zero attached hydrogens (tertiary/aromatic N) is 1. The average molecular weight is 390 g/mol. The number of carbonyl (C=O) groups excluding carboxylic acids is 1. The minimum Gasteiger partial charge on any atom is -0.459 e. The Morgan fingerprint density at radius 1 is 0.966 bits per heavy atom. The summed E-state index contributed by atoms with van der Waals surface area (Å²) in [4.78, 5) is 16.4. The van der Waals surface area contributed by atoms with E-state index in [4.69, 9.17) is 4.42 Å². The van der Waals surface area contributed by atoms with Gasteiger partial charge in [0.15, 0.2) is 11.7 Å². The second-order valence-electron chi connectivity index (χ2n) is 6.57. The standard InChI is InChI=1S/C23H26N4O2/c1-24-23(25-14-6-11-18-8-3-2-4-9-18)26-17-19-10-5-12-20(16-19)27-22(28)21-13-7-15-29-21/h2-5,7-10,12-13,15-16H,6,11,14,17H2,1H3,(H,27,28)(H2,24,25,26). The van der Waals surface area contributed by atoms with Crippen LogP contribution in [0.5, 0.6) is 0 Å². The fourth-order valence-electron chi connectivity index (χ4n) is 2.91. The summed E-state index contributed by atoms with van der Waals surface area (Å²) >= 11 is 0. The van der Waals surface area contributed by atoms with Crippen LogP contribution in [0.1, 0.15) is 28.1 Å². The first-order chi connectivity index (χ1) is 14.2. The third kappa shape index (κ3) is 6.53. The van der Waals surface area contributed by atoms with Gasteiger partial charge in [0.25, 0.3) is 5.91 Å². The normalized spacial score (nSPS) is 11.1. The number of furan rings is 1. The molecule has 0 fully saturated rings. The highest BCUT2D eigenvalue weighted by Gasteiger charge is 2.08. The van der Waals surface area contributed by atoms with E-state index in [1.54, 1.807) is 19.2 Å². The van der Waals surface area contributed by atoms with Crippen LogP contribution in [0.3, 0.4) is 0 Å². The molecule has 2 aromatic carbocycles. The number of nitrogens with one attached hydrogen (secondary N) is 3. The molecule has 0 aliphatic rings. The Hall–Kier alpha value is -3.54. The van der Waals surface area contributed by atoms with Gasteiger partial charge in [-0.2, -0.15) is 0 Å². The van der Waals surface area contributed by atoms with E-state index >= 15 is 0 Å². The Morgan fingerprint density at radius 3 is 2.55 bits per heavy atom. The van der Waals surface area contributed by atoms with Gasteiger partial charge in [-0.1, -0.05) is 42.5 Å². The number of aliphatic imine (C=N–C) groups is 1. The molecule has 0 saturated heterocycles. The van der Waals surface area contributed by atoms with E-state index in [1.807, 2.05) is 30.3 Å². The fourth-order valence-corrected chi connectivity index (χ4v) is 2.91. The van der Waals surface area contributed by atoms with Crippen molar-refractivity contribution in [2.75, 3.05) is 18.9 Å². The average Bonchev–Trinajstić information content (AvgIpc) is 3.29. The van der Waals surface area contributed by atoms with Crippen LogP contribution >= 0.6 is 0 Å². The molecule has 0 saturated carbocycles. The van der Waals surface area contributed by atoms with Crippen LogP contribution in [0.25, 0.3) is 0 Å². The Kier molecular flexibility index (Phi) is 7.46. The molecule has 0 spiro atoms. The lowest BCUT2D eigenvalue weighted by atomic mass is 10.1. The molecule has 1 heterocycles. The predicted octanol–water partition coefficient (Wildman–Crippen LogP) is 3.83. The van der Waals surface area contributed by atoms with Gasteiger partial charge in [0.2, 0.25) is 0 Å². The molecule has 6 heteroatoms. The lowest BCUT2D eigenvalue weighted by Gasteiger charge is -2.13. The molecule has 150 valence electrons. The SMILES string of the molecule is CN=C(NCCCc1ccccc1)NCc1cccc(NC(=O)c2ccco2)c1. The van der Waals surface area contributed by atoms with Crippen molar-refractivity contribution in [3.05, 3.63) is 89.9 Å². The van der Waals surface area contributed by atoms with Gasteiger partial charge in [0.05, 0.1) is 6.26 Å². The second-order valence-corrected chi connectivity index (χ2v) is 6.57. The first-order valence-electron chi connectivity index (χ1n) is 9.67. The molecular formula is C23H26N4O2. The number of hydrogen-bond acceptors (Lipinski definition) is 3. The maximum Gasteiger partial charge on any atom is 0.291 e. The van der Waals surface area contributed by atoms with Gasteiger partial charge >= 0.3 is 0 Å². The number of carbonyl (C=O) groups is 1. The monoisotopic (exact) mass is 390 g/mol. The smallest absolute Gasteiger partial charge is 0.291 e. The van der Waals surface area contributed by atoms with E-state index in [9.17, 15) is 4.79 Å². The lowest BCUT2D eigenvalue weighted by molar-refractivity contribution is 0.0996. The van der Waals surface area contributed by atoms with Crippen molar-refractivity contribution in [1.82, 2.24) is 10.6 Å². The summed E-state index contributed by atoms with van der Waals surface area (Å²) in [6.45, 7) is 1.44. The van der Waals surface area contributed by atoms with Gasteiger partial charge in [-0.3, -0.25) is 9.79 Å². The number of amides is 1. The molecule has 1 amide bonds. The third-order valence-corrected chi connectivity index (χ3v) is 4.39. The summed E-state index contributed by atoms with van der Waals surface area (Å²) in [5.74, 6) is 0.771.